The third-order valence-electron chi connectivity index (χ3n) is 5.71. The van der Waals surface area contributed by atoms with Gasteiger partial charge in [-0.25, -0.2) is 4.79 Å². The second-order valence-electron chi connectivity index (χ2n) is 8.78. The van der Waals surface area contributed by atoms with Gasteiger partial charge in [0.15, 0.2) is 0 Å². The molecule has 8 nitrogen and oxygen atoms in total. The van der Waals surface area contributed by atoms with Crippen LogP contribution in [0.25, 0.3) is 0 Å². The first-order valence-corrected chi connectivity index (χ1v) is 11.8. The van der Waals surface area contributed by atoms with Gasteiger partial charge in [0, 0.05) is 17.2 Å². The van der Waals surface area contributed by atoms with Crippen LogP contribution in [0.3, 0.4) is 0 Å². The van der Waals surface area contributed by atoms with E-state index in [4.69, 9.17) is 4.74 Å². The molecule has 0 spiro atoms. The molecule has 4 amide bonds. The van der Waals surface area contributed by atoms with Crippen molar-refractivity contribution in [3.8, 4) is 0 Å². The molecular formula is C24H29N3O5S. The molecule has 1 aromatic carbocycles. The first-order chi connectivity index (χ1) is 15.7. The number of nitrogens with one attached hydrogen (secondary N) is 3. The van der Waals surface area contributed by atoms with Gasteiger partial charge >= 0.3 is 6.09 Å². The van der Waals surface area contributed by atoms with Crippen molar-refractivity contribution in [2.75, 3.05) is 11.9 Å². The molecule has 1 aliphatic carbocycles. The number of imide groups is 1. The standard InChI is InChI=1S/C24H29N3O5S/c1-4-32-23(31)27-21(30)18-11-14-33-22(18)26-20(29)16-7-5-15(6-8-16)19(28)25-17-9-12-24(2,3)13-10-17/h5-8,11,14,17H,4,9-10,12-13H2,1-3H3,(H,25,28)(H,26,29)(H,27,30,31). The van der Waals surface area contributed by atoms with Crippen LogP contribution < -0.4 is 16.0 Å². The molecule has 1 fully saturated rings. The van der Waals surface area contributed by atoms with Crippen LogP contribution in [-0.4, -0.2) is 36.5 Å². The molecule has 33 heavy (non-hydrogen) atoms. The van der Waals surface area contributed by atoms with E-state index in [1.165, 1.54) is 6.07 Å². The number of carbonyl (C=O) groups excluding carboxylic acids is 4. The van der Waals surface area contributed by atoms with Crippen molar-refractivity contribution in [2.24, 2.45) is 5.41 Å². The number of alkyl carbamates (subject to hydrolysis) is 1. The Balaban J connectivity index is 1.58. The van der Waals surface area contributed by atoms with Crippen LogP contribution >= 0.6 is 11.3 Å². The minimum atomic E-state index is -0.850. The first kappa shape index (κ1) is 24.4. The zero-order valence-corrected chi connectivity index (χ0v) is 19.8. The fourth-order valence-corrected chi connectivity index (χ4v) is 4.45. The van der Waals surface area contributed by atoms with E-state index in [0.29, 0.717) is 21.5 Å². The van der Waals surface area contributed by atoms with Crippen LogP contribution in [0.15, 0.2) is 35.7 Å². The van der Waals surface area contributed by atoms with E-state index in [9.17, 15) is 19.2 Å². The number of hydrogen-bond donors (Lipinski definition) is 3. The normalized spacial score (nSPS) is 15.4. The number of carbonyl (C=O) groups is 4. The summed E-state index contributed by atoms with van der Waals surface area (Å²) < 4.78 is 4.70. The van der Waals surface area contributed by atoms with Gasteiger partial charge in [-0.2, -0.15) is 0 Å². The van der Waals surface area contributed by atoms with E-state index in [-0.39, 0.29) is 24.1 Å². The van der Waals surface area contributed by atoms with E-state index >= 15 is 0 Å². The summed E-state index contributed by atoms with van der Waals surface area (Å²) in [6.07, 6.45) is 3.24. The highest BCUT2D eigenvalue weighted by molar-refractivity contribution is 7.14. The zero-order chi connectivity index (χ0) is 24.0. The van der Waals surface area contributed by atoms with E-state index in [1.54, 1.807) is 36.6 Å². The van der Waals surface area contributed by atoms with Gasteiger partial charge in [0.1, 0.15) is 5.00 Å². The molecule has 0 radical (unpaired) electrons. The van der Waals surface area contributed by atoms with Gasteiger partial charge in [0.2, 0.25) is 0 Å². The van der Waals surface area contributed by atoms with Crippen LogP contribution in [-0.2, 0) is 4.74 Å². The molecule has 176 valence electrons. The predicted molar refractivity (Wildman–Crippen MR) is 127 cm³/mol. The minimum Gasteiger partial charge on any atom is -0.450 e. The molecule has 1 aromatic heterocycles. The Morgan fingerprint density at radius 2 is 1.58 bits per heavy atom. The average Bonchev–Trinajstić information content (AvgIpc) is 3.23. The molecule has 3 rings (SSSR count). The number of thiophene rings is 1. The zero-order valence-electron chi connectivity index (χ0n) is 19.0. The van der Waals surface area contributed by atoms with Gasteiger partial charge < -0.3 is 15.4 Å². The number of ether oxygens (including phenoxy) is 1. The van der Waals surface area contributed by atoms with Gasteiger partial charge in [0.25, 0.3) is 17.7 Å². The lowest BCUT2D eigenvalue weighted by Crippen LogP contribution is -2.39. The number of rotatable bonds is 6. The van der Waals surface area contributed by atoms with Gasteiger partial charge in [-0.3, -0.25) is 19.7 Å². The number of benzene rings is 1. The Hall–Kier alpha value is -3.20. The molecule has 1 saturated carbocycles. The highest BCUT2D eigenvalue weighted by atomic mass is 32.1. The Labute approximate surface area is 197 Å². The summed E-state index contributed by atoms with van der Waals surface area (Å²) in [7, 11) is 0. The van der Waals surface area contributed by atoms with Crippen LogP contribution in [0.1, 0.15) is 77.5 Å². The van der Waals surface area contributed by atoms with Gasteiger partial charge in [-0.1, -0.05) is 13.8 Å². The first-order valence-electron chi connectivity index (χ1n) is 11.0. The summed E-state index contributed by atoms with van der Waals surface area (Å²) in [5.41, 5.74) is 1.32. The quantitative estimate of drug-likeness (QED) is 0.570. The van der Waals surface area contributed by atoms with Crippen LogP contribution in [0.2, 0.25) is 0 Å². The van der Waals surface area contributed by atoms with Gasteiger partial charge in [0.05, 0.1) is 12.2 Å². The maximum absolute atomic E-state index is 12.6. The molecule has 3 N–H and O–H groups in total. The Bertz CT molecular complexity index is 1020. The molecule has 1 aliphatic rings. The lowest BCUT2D eigenvalue weighted by Gasteiger charge is -2.34. The highest BCUT2D eigenvalue weighted by Gasteiger charge is 2.27. The Kier molecular flexibility index (Phi) is 7.86. The second-order valence-corrected chi connectivity index (χ2v) is 9.70. The molecule has 2 aromatic rings. The highest BCUT2D eigenvalue weighted by Crippen LogP contribution is 2.35. The maximum atomic E-state index is 12.6. The van der Waals surface area contributed by atoms with Crippen LogP contribution in [0.5, 0.6) is 0 Å². The SMILES string of the molecule is CCOC(=O)NC(=O)c1ccsc1NC(=O)c1ccc(C(=O)NC2CCC(C)(C)CC2)cc1. The summed E-state index contributed by atoms with van der Waals surface area (Å²) in [5.74, 6) is -1.24. The number of hydrogen-bond acceptors (Lipinski definition) is 6. The maximum Gasteiger partial charge on any atom is 0.414 e. The van der Waals surface area contributed by atoms with Crippen molar-refractivity contribution >= 4 is 40.2 Å². The van der Waals surface area contributed by atoms with Crippen molar-refractivity contribution in [3.63, 3.8) is 0 Å². The largest absolute Gasteiger partial charge is 0.450 e. The molecule has 0 aliphatic heterocycles. The molecule has 1 heterocycles. The lowest BCUT2D eigenvalue weighted by molar-refractivity contribution is 0.0903. The van der Waals surface area contributed by atoms with E-state index in [1.807, 2.05) is 0 Å². The van der Waals surface area contributed by atoms with Crippen LogP contribution in [0, 0.1) is 5.41 Å². The van der Waals surface area contributed by atoms with E-state index in [2.05, 4.69) is 29.8 Å². The molecule has 0 saturated heterocycles. The topological polar surface area (TPSA) is 114 Å². The van der Waals surface area contributed by atoms with Crippen molar-refractivity contribution in [1.82, 2.24) is 10.6 Å². The van der Waals surface area contributed by atoms with Gasteiger partial charge in [-0.05, 0) is 73.7 Å². The smallest absolute Gasteiger partial charge is 0.414 e. The lowest BCUT2D eigenvalue weighted by atomic mass is 9.75. The number of amides is 4. The molecule has 0 atom stereocenters. The van der Waals surface area contributed by atoms with E-state index < -0.39 is 17.9 Å². The summed E-state index contributed by atoms with van der Waals surface area (Å²) in [4.78, 5) is 48.9. The molecule has 0 unspecified atom stereocenters. The molecular weight excluding hydrogens is 442 g/mol. The molecule has 9 heteroatoms. The fourth-order valence-electron chi connectivity index (χ4n) is 3.67. The summed E-state index contributed by atoms with van der Waals surface area (Å²) >= 11 is 1.16. The third-order valence-corrected chi connectivity index (χ3v) is 6.54. The monoisotopic (exact) mass is 471 g/mol. The Morgan fingerprint density at radius 3 is 2.18 bits per heavy atom. The van der Waals surface area contributed by atoms with Crippen molar-refractivity contribution in [2.45, 2.75) is 52.5 Å². The average molecular weight is 472 g/mol. The van der Waals surface area contributed by atoms with Crippen molar-refractivity contribution in [1.29, 1.82) is 0 Å². The third kappa shape index (κ3) is 6.64. The summed E-state index contributed by atoms with van der Waals surface area (Å²) in [5, 5.41) is 9.81. The minimum absolute atomic E-state index is 0.138. The number of anilines is 1. The second kappa shape index (κ2) is 10.6. The summed E-state index contributed by atoms with van der Waals surface area (Å²) in [6.45, 7) is 6.27. The van der Waals surface area contributed by atoms with Crippen LogP contribution in [0.4, 0.5) is 9.80 Å². The summed E-state index contributed by atoms with van der Waals surface area (Å²) in [6, 6.07) is 8.04. The van der Waals surface area contributed by atoms with Gasteiger partial charge in [-0.15, -0.1) is 11.3 Å². The van der Waals surface area contributed by atoms with Crippen molar-refractivity contribution in [3.05, 3.63) is 52.4 Å². The predicted octanol–water partition coefficient (Wildman–Crippen LogP) is 4.59. The Morgan fingerprint density at radius 1 is 0.970 bits per heavy atom. The molecule has 0 bridgehead atoms. The fraction of sp³-hybridized carbons (Fsp3) is 0.417. The van der Waals surface area contributed by atoms with Crippen molar-refractivity contribution < 1.29 is 23.9 Å². The van der Waals surface area contributed by atoms with E-state index in [0.717, 1.165) is 37.0 Å².